The molecule has 0 aliphatic carbocycles. The van der Waals surface area contributed by atoms with Crippen molar-refractivity contribution in [3.63, 3.8) is 0 Å². The van der Waals surface area contributed by atoms with Gasteiger partial charge in [-0.1, -0.05) is 5.16 Å². The van der Waals surface area contributed by atoms with Crippen LogP contribution >= 0.6 is 11.8 Å². The quantitative estimate of drug-likeness (QED) is 0.761. The molecule has 0 saturated carbocycles. The summed E-state index contributed by atoms with van der Waals surface area (Å²) in [6, 6.07) is 6.24. The van der Waals surface area contributed by atoms with Gasteiger partial charge in [-0.15, -0.1) is 11.8 Å². The molecule has 0 N–H and O–H groups in total. The van der Waals surface area contributed by atoms with Gasteiger partial charge in [-0.2, -0.15) is 4.98 Å². The van der Waals surface area contributed by atoms with Gasteiger partial charge in [0, 0.05) is 17.7 Å². The Bertz CT molecular complexity index is 554. The van der Waals surface area contributed by atoms with E-state index >= 15 is 0 Å². The molecule has 6 heteroatoms. The van der Waals surface area contributed by atoms with Crippen molar-refractivity contribution in [1.82, 2.24) is 10.1 Å². The number of rotatable bonds is 6. The largest absolute Gasteiger partial charge is 0.339 e. The molecule has 1 aromatic carbocycles. The van der Waals surface area contributed by atoms with Crippen molar-refractivity contribution in [3.05, 3.63) is 41.8 Å². The Morgan fingerprint density at radius 2 is 2.11 bits per heavy atom. The molecule has 0 unspecified atom stereocenters. The lowest BCUT2D eigenvalue weighted by Gasteiger charge is -1.97. The summed E-state index contributed by atoms with van der Waals surface area (Å²) in [7, 11) is 0. The number of benzene rings is 1. The highest BCUT2D eigenvalue weighted by Crippen LogP contribution is 2.21. The van der Waals surface area contributed by atoms with Crippen LogP contribution in [0.2, 0.25) is 0 Å². The molecule has 0 amide bonds. The highest BCUT2D eigenvalue weighted by atomic mass is 32.2. The van der Waals surface area contributed by atoms with Crippen LogP contribution in [0.15, 0.2) is 33.7 Å². The van der Waals surface area contributed by atoms with Gasteiger partial charge in [0.15, 0.2) is 5.82 Å². The van der Waals surface area contributed by atoms with Gasteiger partial charge in [-0.05, 0) is 31.2 Å². The molecule has 4 nitrogen and oxygen atoms in total. The highest BCUT2D eigenvalue weighted by Gasteiger charge is 2.07. The Morgan fingerprint density at radius 1 is 1.37 bits per heavy atom. The van der Waals surface area contributed by atoms with Crippen LogP contribution in [0.3, 0.4) is 0 Å². The highest BCUT2D eigenvalue weighted by molar-refractivity contribution is 7.98. The van der Waals surface area contributed by atoms with Crippen LogP contribution in [-0.4, -0.2) is 15.9 Å². The predicted molar refractivity (Wildman–Crippen MR) is 69.3 cm³/mol. The van der Waals surface area contributed by atoms with Crippen LogP contribution in [0.25, 0.3) is 0 Å². The van der Waals surface area contributed by atoms with Crippen LogP contribution in [-0.2, 0) is 17.0 Å². The van der Waals surface area contributed by atoms with E-state index in [9.17, 15) is 9.18 Å². The molecule has 0 radical (unpaired) electrons. The normalized spacial score (nSPS) is 10.6. The second kappa shape index (κ2) is 6.47. The molecule has 0 fully saturated rings. The molecule has 19 heavy (non-hydrogen) atoms. The van der Waals surface area contributed by atoms with Crippen molar-refractivity contribution in [2.24, 2.45) is 0 Å². The smallest absolute Gasteiger partial charge is 0.227 e. The Balaban J connectivity index is 1.86. The maximum absolute atomic E-state index is 12.7. The fourth-order valence-electron chi connectivity index (χ4n) is 1.41. The van der Waals surface area contributed by atoms with E-state index in [0.717, 1.165) is 4.90 Å². The average molecular weight is 280 g/mol. The number of nitrogens with zero attached hydrogens (tertiary/aromatic N) is 2. The number of hydrogen-bond donors (Lipinski definition) is 0. The summed E-state index contributed by atoms with van der Waals surface area (Å²) in [5.74, 6) is 1.45. The van der Waals surface area contributed by atoms with E-state index in [-0.39, 0.29) is 11.6 Å². The Kier molecular flexibility index (Phi) is 4.68. The average Bonchev–Trinajstić information content (AvgIpc) is 2.84. The third-order valence-corrected chi connectivity index (χ3v) is 3.39. The molecule has 1 aromatic heterocycles. The van der Waals surface area contributed by atoms with Crippen LogP contribution in [0.5, 0.6) is 0 Å². The zero-order valence-electron chi connectivity index (χ0n) is 10.4. The fraction of sp³-hybridized carbons (Fsp3) is 0.308. The topological polar surface area (TPSA) is 56.0 Å². The summed E-state index contributed by atoms with van der Waals surface area (Å²) in [6.07, 6.45) is 0.885. The molecular formula is C13H13FN2O2S. The number of halogens is 1. The molecule has 0 spiro atoms. The fourth-order valence-corrected chi connectivity index (χ4v) is 2.15. The standard InChI is InChI=1S/C13H13FN2O2S/c1-9(17)2-7-13-15-12(16-18-13)8-19-11-5-3-10(14)4-6-11/h3-6H,2,7-8H2,1H3. The van der Waals surface area contributed by atoms with Crippen LogP contribution in [0.4, 0.5) is 4.39 Å². The molecule has 0 aliphatic rings. The van der Waals surface area contributed by atoms with Crippen molar-refractivity contribution in [1.29, 1.82) is 0 Å². The SMILES string of the molecule is CC(=O)CCc1nc(CSc2ccc(F)cc2)no1. The van der Waals surface area contributed by atoms with Gasteiger partial charge < -0.3 is 9.32 Å². The van der Waals surface area contributed by atoms with Gasteiger partial charge in [-0.25, -0.2) is 4.39 Å². The summed E-state index contributed by atoms with van der Waals surface area (Å²) in [4.78, 5) is 16.0. The lowest BCUT2D eigenvalue weighted by atomic mass is 10.2. The summed E-state index contributed by atoms with van der Waals surface area (Å²) in [5, 5.41) is 3.83. The van der Waals surface area contributed by atoms with Crippen molar-refractivity contribution in [2.45, 2.75) is 30.4 Å². The summed E-state index contributed by atoms with van der Waals surface area (Å²) < 4.78 is 17.8. The maximum Gasteiger partial charge on any atom is 0.227 e. The van der Waals surface area contributed by atoms with Gasteiger partial charge in [-0.3, -0.25) is 0 Å². The predicted octanol–water partition coefficient (Wildman–Crippen LogP) is 3.02. The first-order chi connectivity index (χ1) is 9.13. The van der Waals surface area contributed by atoms with Crippen LogP contribution < -0.4 is 0 Å². The zero-order chi connectivity index (χ0) is 13.7. The molecule has 0 aliphatic heterocycles. The molecule has 0 atom stereocenters. The molecule has 1 heterocycles. The van der Waals surface area contributed by atoms with Gasteiger partial charge in [0.1, 0.15) is 11.6 Å². The van der Waals surface area contributed by atoms with E-state index in [2.05, 4.69) is 10.1 Å². The third kappa shape index (κ3) is 4.48. The molecule has 0 bridgehead atoms. The molecule has 2 aromatic rings. The number of carbonyl (C=O) groups is 1. The third-order valence-electron chi connectivity index (χ3n) is 2.38. The minimum absolute atomic E-state index is 0.0976. The Hall–Kier alpha value is -1.69. The second-order valence-corrected chi connectivity index (χ2v) is 5.10. The van der Waals surface area contributed by atoms with E-state index < -0.39 is 0 Å². The number of hydrogen-bond acceptors (Lipinski definition) is 5. The van der Waals surface area contributed by atoms with E-state index in [0.29, 0.717) is 30.3 Å². The Labute approximate surface area is 114 Å². The first-order valence-electron chi connectivity index (χ1n) is 5.83. The van der Waals surface area contributed by atoms with Gasteiger partial charge in [0.05, 0.1) is 5.75 Å². The number of aromatic nitrogens is 2. The minimum Gasteiger partial charge on any atom is -0.339 e. The lowest BCUT2D eigenvalue weighted by Crippen LogP contribution is -1.94. The Morgan fingerprint density at radius 3 is 2.79 bits per heavy atom. The number of aryl methyl sites for hydroxylation is 1. The summed E-state index contributed by atoms with van der Waals surface area (Å²) in [5.41, 5.74) is 0. The van der Waals surface area contributed by atoms with Crippen molar-refractivity contribution in [3.8, 4) is 0 Å². The van der Waals surface area contributed by atoms with Gasteiger partial charge in [0.25, 0.3) is 0 Å². The summed E-state index contributed by atoms with van der Waals surface area (Å²) >= 11 is 1.50. The van der Waals surface area contributed by atoms with Gasteiger partial charge in [0.2, 0.25) is 5.89 Å². The molecule has 100 valence electrons. The van der Waals surface area contributed by atoms with Crippen molar-refractivity contribution >= 4 is 17.5 Å². The number of Topliss-reactive ketones (excluding diaryl/α,β-unsaturated/α-hetero) is 1. The van der Waals surface area contributed by atoms with Crippen molar-refractivity contribution in [2.75, 3.05) is 0 Å². The van der Waals surface area contributed by atoms with E-state index in [4.69, 9.17) is 4.52 Å². The number of thioether (sulfide) groups is 1. The lowest BCUT2D eigenvalue weighted by molar-refractivity contribution is -0.117. The monoisotopic (exact) mass is 280 g/mol. The van der Waals surface area contributed by atoms with Crippen LogP contribution in [0.1, 0.15) is 25.1 Å². The van der Waals surface area contributed by atoms with Gasteiger partial charge >= 0.3 is 0 Å². The molecular weight excluding hydrogens is 267 g/mol. The zero-order valence-corrected chi connectivity index (χ0v) is 11.2. The van der Waals surface area contributed by atoms with E-state index in [1.165, 1.54) is 30.8 Å². The first-order valence-corrected chi connectivity index (χ1v) is 6.81. The van der Waals surface area contributed by atoms with Crippen LogP contribution in [0, 0.1) is 5.82 Å². The minimum atomic E-state index is -0.254. The first kappa shape index (κ1) is 13.7. The molecule has 0 saturated heterocycles. The van der Waals surface area contributed by atoms with Crippen molar-refractivity contribution < 1.29 is 13.7 Å². The van der Waals surface area contributed by atoms with E-state index in [1.54, 1.807) is 12.1 Å². The number of carbonyl (C=O) groups excluding carboxylic acids is 1. The molecule has 2 rings (SSSR count). The maximum atomic E-state index is 12.7. The summed E-state index contributed by atoms with van der Waals surface area (Å²) in [6.45, 7) is 1.53. The van der Waals surface area contributed by atoms with E-state index in [1.807, 2.05) is 0 Å². The second-order valence-electron chi connectivity index (χ2n) is 4.05. The number of ketones is 1.